The van der Waals surface area contributed by atoms with Crippen LogP contribution in [0.5, 0.6) is 0 Å². The van der Waals surface area contributed by atoms with Gasteiger partial charge in [-0.25, -0.2) is 9.78 Å². The number of carbonyl (C=O) groups is 1. The summed E-state index contributed by atoms with van der Waals surface area (Å²) < 4.78 is 45.2. The first-order chi connectivity index (χ1) is 14.8. The van der Waals surface area contributed by atoms with E-state index in [2.05, 4.69) is 20.2 Å². The van der Waals surface area contributed by atoms with Gasteiger partial charge in [-0.3, -0.25) is 0 Å². The van der Waals surface area contributed by atoms with Crippen LogP contribution in [0.1, 0.15) is 47.3 Å². The Labute approximate surface area is 178 Å². The standard InChI is InChI=1S/C22H25F3N4O2/c1-3-14-6-5-13(7-18(14)22(23,24)25)9-26-19-17(20(30)31-4-2)10-27-21(28-19)29-11-15-8-16(15)12-29/h5-7,10,15-16H,3-4,8-9,11-12H2,1-2H3,(H,26,27,28). The fourth-order valence-corrected chi connectivity index (χ4v) is 4.07. The Balaban J connectivity index is 1.58. The minimum atomic E-state index is -4.42. The second-order valence-electron chi connectivity index (χ2n) is 8.01. The van der Waals surface area contributed by atoms with Gasteiger partial charge in [0.1, 0.15) is 11.4 Å². The van der Waals surface area contributed by atoms with Crippen LogP contribution >= 0.6 is 0 Å². The van der Waals surface area contributed by atoms with E-state index < -0.39 is 17.7 Å². The molecule has 1 aromatic carbocycles. The molecular weight excluding hydrogens is 409 g/mol. The number of alkyl halides is 3. The van der Waals surface area contributed by atoms with Gasteiger partial charge in [-0.1, -0.05) is 19.1 Å². The Hall–Kier alpha value is -2.84. The summed E-state index contributed by atoms with van der Waals surface area (Å²) in [6.07, 6.45) is -1.47. The highest BCUT2D eigenvalue weighted by atomic mass is 19.4. The molecule has 6 nitrogen and oxygen atoms in total. The molecule has 2 unspecified atom stereocenters. The lowest BCUT2D eigenvalue weighted by atomic mass is 10.0. The fraction of sp³-hybridized carbons (Fsp3) is 0.500. The van der Waals surface area contributed by atoms with Crippen molar-refractivity contribution in [2.45, 2.75) is 39.4 Å². The highest BCUT2D eigenvalue weighted by Crippen LogP contribution is 2.45. The monoisotopic (exact) mass is 434 g/mol. The van der Waals surface area contributed by atoms with Gasteiger partial charge in [0.2, 0.25) is 5.95 Å². The Bertz CT molecular complexity index is 970. The molecule has 2 heterocycles. The number of anilines is 2. The van der Waals surface area contributed by atoms with Crippen molar-refractivity contribution in [2.24, 2.45) is 11.8 Å². The summed E-state index contributed by atoms with van der Waals surface area (Å²) in [5.41, 5.74) is 0.220. The van der Waals surface area contributed by atoms with Crippen molar-refractivity contribution < 1.29 is 22.7 Å². The van der Waals surface area contributed by atoms with Crippen LogP contribution in [-0.2, 0) is 23.9 Å². The number of benzene rings is 1. The molecule has 0 amide bonds. The van der Waals surface area contributed by atoms with Gasteiger partial charge in [0, 0.05) is 25.8 Å². The third kappa shape index (κ3) is 4.60. The lowest BCUT2D eigenvalue weighted by Gasteiger charge is -2.20. The number of piperidine rings is 1. The molecule has 166 valence electrons. The summed E-state index contributed by atoms with van der Waals surface area (Å²) in [4.78, 5) is 23.3. The van der Waals surface area contributed by atoms with E-state index in [0.29, 0.717) is 29.8 Å². The lowest BCUT2D eigenvalue weighted by molar-refractivity contribution is -0.138. The van der Waals surface area contributed by atoms with Crippen molar-refractivity contribution in [2.75, 3.05) is 29.9 Å². The molecule has 1 aromatic heterocycles. The normalized spacial score (nSPS) is 19.8. The van der Waals surface area contributed by atoms with E-state index in [4.69, 9.17) is 4.74 Å². The van der Waals surface area contributed by atoms with Gasteiger partial charge in [-0.05, 0) is 48.8 Å². The molecule has 31 heavy (non-hydrogen) atoms. The van der Waals surface area contributed by atoms with Crippen molar-refractivity contribution >= 4 is 17.7 Å². The predicted molar refractivity (Wildman–Crippen MR) is 110 cm³/mol. The van der Waals surface area contributed by atoms with E-state index in [1.54, 1.807) is 19.9 Å². The number of nitrogens with zero attached hydrogens (tertiary/aromatic N) is 3. The number of fused-ring (bicyclic) bond motifs is 1. The van der Waals surface area contributed by atoms with Crippen LogP contribution in [0.3, 0.4) is 0 Å². The van der Waals surface area contributed by atoms with Gasteiger partial charge in [-0.15, -0.1) is 0 Å². The molecule has 2 aliphatic rings. The largest absolute Gasteiger partial charge is 0.462 e. The van der Waals surface area contributed by atoms with Crippen LogP contribution in [-0.4, -0.2) is 35.6 Å². The van der Waals surface area contributed by atoms with Gasteiger partial charge in [0.25, 0.3) is 0 Å². The fourth-order valence-electron chi connectivity index (χ4n) is 4.07. The van der Waals surface area contributed by atoms with Crippen molar-refractivity contribution in [3.63, 3.8) is 0 Å². The van der Waals surface area contributed by atoms with Crippen LogP contribution in [0.25, 0.3) is 0 Å². The first-order valence-corrected chi connectivity index (χ1v) is 10.5. The first-order valence-electron chi connectivity index (χ1n) is 10.5. The van der Waals surface area contributed by atoms with Crippen LogP contribution < -0.4 is 10.2 Å². The molecule has 1 saturated heterocycles. The Morgan fingerprint density at radius 3 is 2.65 bits per heavy atom. The SMILES string of the molecule is CCOC(=O)c1cnc(N2CC3CC3C2)nc1NCc1ccc(CC)c(C(F)(F)F)c1. The molecule has 2 aromatic rings. The zero-order chi connectivity index (χ0) is 22.2. The van der Waals surface area contributed by atoms with Gasteiger partial charge in [0.05, 0.1) is 12.2 Å². The topological polar surface area (TPSA) is 67.3 Å². The second kappa shape index (κ2) is 8.36. The van der Waals surface area contributed by atoms with E-state index in [-0.39, 0.29) is 30.1 Å². The highest BCUT2D eigenvalue weighted by Gasteiger charge is 2.46. The molecule has 0 spiro atoms. The molecule has 9 heteroatoms. The molecule has 1 saturated carbocycles. The molecule has 1 N–H and O–H groups in total. The van der Waals surface area contributed by atoms with E-state index in [0.717, 1.165) is 19.2 Å². The number of aromatic nitrogens is 2. The van der Waals surface area contributed by atoms with E-state index in [1.807, 2.05) is 0 Å². The van der Waals surface area contributed by atoms with Crippen molar-refractivity contribution in [3.05, 3.63) is 46.6 Å². The number of halogens is 3. The number of nitrogens with one attached hydrogen (secondary N) is 1. The molecule has 1 aliphatic heterocycles. The summed E-state index contributed by atoms with van der Waals surface area (Å²) >= 11 is 0. The molecule has 4 rings (SSSR count). The second-order valence-corrected chi connectivity index (χ2v) is 8.01. The molecule has 0 bridgehead atoms. The number of rotatable bonds is 7. The lowest BCUT2D eigenvalue weighted by Crippen LogP contribution is -2.25. The van der Waals surface area contributed by atoms with Crippen molar-refractivity contribution in [1.29, 1.82) is 0 Å². The van der Waals surface area contributed by atoms with E-state index in [1.165, 1.54) is 18.7 Å². The minimum absolute atomic E-state index is 0.0845. The first kappa shape index (κ1) is 21.4. The summed E-state index contributed by atoms with van der Waals surface area (Å²) in [7, 11) is 0. The molecule has 2 atom stereocenters. The van der Waals surface area contributed by atoms with E-state index >= 15 is 0 Å². The van der Waals surface area contributed by atoms with Gasteiger partial charge >= 0.3 is 12.1 Å². The Morgan fingerprint density at radius 2 is 2.00 bits per heavy atom. The number of hydrogen-bond donors (Lipinski definition) is 1. The number of ether oxygens (including phenoxy) is 1. The van der Waals surface area contributed by atoms with Crippen LogP contribution in [0.4, 0.5) is 24.9 Å². The van der Waals surface area contributed by atoms with Crippen LogP contribution in [0.15, 0.2) is 24.4 Å². The quantitative estimate of drug-likeness (QED) is 0.656. The smallest absolute Gasteiger partial charge is 0.416 e. The summed E-state index contributed by atoms with van der Waals surface area (Å²) in [5.74, 6) is 1.57. The Kier molecular flexibility index (Phi) is 5.77. The molecule has 2 fully saturated rings. The van der Waals surface area contributed by atoms with Gasteiger partial charge in [-0.2, -0.15) is 18.2 Å². The molecular formula is C22H25F3N4O2. The average Bonchev–Trinajstić information content (AvgIpc) is 3.36. The number of carbonyl (C=O) groups excluding carboxylic acids is 1. The maximum Gasteiger partial charge on any atom is 0.416 e. The third-order valence-electron chi connectivity index (χ3n) is 5.85. The Morgan fingerprint density at radius 1 is 1.26 bits per heavy atom. The number of esters is 1. The molecule has 0 radical (unpaired) electrons. The molecule has 1 aliphatic carbocycles. The summed E-state index contributed by atoms with van der Waals surface area (Å²) in [6, 6.07) is 4.29. The van der Waals surface area contributed by atoms with E-state index in [9.17, 15) is 18.0 Å². The van der Waals surface area contributed by atoms with Gasteiger partial charge in [0.15, 0.2) is 0 Å². The van der Waals surface area contributed by atoms with Gasteiger partial charge < -0.3 is 15.0 Å². The van der Waals surface area contributed by atoms with Crippen LogP contribution in [0.2, 0.25) is 0 Å². The zero-order valence-electron chi connectivity index (χ0n) is 17.5. The predicted octanol–water partition coefficient (Wildman–Crippen LogP) is 4.30. The third-order valence-corrected chi connectivity index (χ3v) is 5.85. The van der Waals surface area contributed by atoms with Crippen molar-refractivity contribution in [1.82, 2.24) is 9.97 Å². The van der Waals surface area contributed by atoms with Crippen LogP contribution in [0, 0.1) is 11.8 Å². The van der Waals surface area contributed by atoms with Crippen molar-refractivity contribution in [3.8, 4) is 0 Å². The minimum Gasteiger partial charge on any atom is -0.462 e. The number of hydrogen-bond acceptors (Lipinski definition) is 6. The number of aryl methyl sites for hydroxylation is 1. The summed E-state index contributed by atoms with van der Waals surface area (Å²) in [5, 5.41) is 3.03. The maximum atomic E-state index is 13.4. The summed E-state index contributed by atoms with van der Waals surface area (Å²) in [6.45, 7) is 5.44. The average molecular weight is 434 g/mol. The maximum absolute atomic E-state index is 13.4. The zero-order valence-corrected chi connectivity index (χ0v) is 17.5. The highest BCUT2D eigenvalue weighted by molar-refractivity contribution is 5.94.